The fraction of sp³-hybridized carbons (Fsp3) is 0.368. The fourth-order valence-corrected chi connectivity index (χ4v) is 3.34. The SMILES string of the molecule is CC1CCC(c2ccc(-c3ccc(O)c(F)c3F)c(F)c2)CC1. The second-order valence-electron chi connectivity index (χ2n) is 6.46. The molecule has 0 amide bonds. The molecule has 0 atom stereocenters. The minimum atomic E-state index is -1.35. The van der Waals surface area contributed by atoms with E-state index >= 15 is 0 Å². The molecule has 1 saturated carbocycles. The highest BCUT2D eigenvalue weighted by Gasteiger charge is 2.22. The molecule has 0 bridgehead atoms. The van der Waals surface area contributed by atoms with Crippen molar-refractivity contribution in [3.63, 3.8) is 0 Å². The number of hydrogen-bond acceptors (Lipinski definition) is 1. The van der Waals surface area contributed by atoms with Crippen LogP contribution in [0.25, 0.3) is 11.1 Å². The largest absolute Gasteiger partial charge is 0.505 e. The summed E-state index contributed by atoms with van der Waals surface area (Å²) in [6, 6.07) is 6.94. The van der Waals surface area contributed by atoms with E-state index in [1.807, 2.05) is 0 Å². The molecule has 0 radical (unpaired) electrons. The highest BCUT2D eigenvalue weighted by molar-refractivity contribution is 5.66. The maximum absolute atomic E-state index is 14.4. The number of benzene rings is 2. The summed E-state index contributed by atoms with van der Waals surface area (Å²) in [7, 11) is 0. The maximum atomic E-state index is 14.4. The molecule has 1 aliphatic rings. The van der Waals surface area contributed by atoms with Crippen LogP contribution in [0.5, 0.6) is 5.75 Å². The Bertz CT molecular complexity index is 719. The quantitative estimate of drug-likeness (QED) is 0.744. The Balaban J connectivity index is 1.93. The number of hydrogen-bond donors (Lipinski definition) is 1. The lowest BCUT2D eigenvalue weighted by Crippen LogP contribution is -2.11. The van der Waals surface area contributed by atoms with Crippen LogP contribution in [0, 0.1) is 23.4 Å². The lowest BCUT2D eigenvalue weighted by Gasteiger charge is -2.26. The number of halogens is 3. The molecule has 1 N–H and O–H groups in total. The van der Waals surface area contributed by atoms with Crippen LogP contribution in [-0.4, -0.2) is 5.11 Å². The van der Waals surface area contributed by atoms with Gasteiger partial charge in [-0.2, -0.15) is 4.39 Å². The van der Waals surface area contributed by atoms with E-state index in [9.17, 15) is 13.2 Å². The van der Waals surface area contributed by atoms with E-state index in [0.717, 1.165) is 37.3 Å². The highest BCUT2D eigenvalue weighted by atomic mass is 19.2. The predicted molar refractivity (Wildman–Crippen MR) is 83.8 cm³/mol. The van der Waals surface area contributed by atoms with Crippen molar-refractivity contribution in [1.29, 1.82) is 0 Å². The van der Waals surface area contributed by atoms with Crippen molar-refractivity contribution in [1.82, 2.24) is 0 Å². The molecule has 0 aliphatic heterocycles. The Morgan fingerprint density at radius 1 is 0.870 bits per heavy atom. The smallest absolute Gasteiger partial charge is 0.200 e. The van der Waals surface area contributed by atoms with Crippen LogP contribution >= 0.6 is 0 Å². The van der Waals surface area contributed by atoms with Gasteiger partial charge in [-0.05, 0) is 48.4 Å². The van der Waals surface area contributed by atoms with Gasteiger partial charge in [0.2, 0.25) is 5.82 Å². The normalized spacial score (nSPS) is 21.4. The first-order valence-corrected chi connectivity index (χ1v) is 7.94. The molecule has 0 aromatic heterocycles. The highest BCUT2D eigenvalue weighted by Crippen LogP contribution is 2.37. The van der Waals surface area contributed by atoms with Crippen LogP contribution in [0.1, 0.15) is 44.1 Å². The molecule has 1 fully saturated rings. The number of aromatic hydroxyl groups is 1. The molecule has 23 heavy (non-hydrogen) atoms. The summed E-state index contributed by atoms with van der Waals surface area (Å²) in [6.07, 6.45) is 4.32. The minimum absolute atomic E-state index is 0.00864. The lowest BCUT2D eigenvalue weighted by atomic mass is 9.79. The van der Waals surface area contributed by atoms with Crippen LogP contribution in [0.4, 0.5) is 13.2 Å². The van der Waals surface area contributed by atoms with Crippen molar-refractivity contribution in [3.05, 3.63) is 53.3 Å². The average Bonchev–Trinajstić information content (AvgIpc) is 2.54. The molecule has 1 aliphatic carbocycles. The molecule has 0 saturated heterocycles. The molecule has 0 heterocycles. The second kappa shape index (κ2) is 6.26. The van der Waals surface area contributed by atoms with Crippen LogP contribution in [-0.2, 0) is 0 Å². The Kier molecular flexibility index (Phi) is 4.33. The second-order valence-corrected chi connectivity index (χ2v) is 6.46. The topological polar surface area (TPSA) is 20.2 Å². The van der Waals surface area contributed by atoms with Gasteiger partial charge in [-0.15, -0.1) is 0 Å². The van der Waals surface area contributed by atoms with E-state index in [2.05, 4.69) is 6.92 Å². The lowest BCUT2D eigenvalue weighted by molar-refractivity contribution is 0.347. The van der Waals surface area contributed by atoms with Crippen molar-refractivity contribution in [2.75, 3.05) is 0 Å². The zero-order chi connectivity index (χ0) is 16.6. The molecule has 1 nitrogen and oxygen atoms in total. The first kappa shape index (κ1) is 15.9. The van der Waals surface area contributed by atoms with Gasteiger partial charge in [-0.25, -0.2) is 8.78 Å². The number of rotatable bonds is 2. The molecule has 2 aromatic rings. The molecule has 0 spiro atoms. The van der Waals surface area contributed by atoms with Gasteiger partial charge in [0, 0.05) is 11.1 Å². The fourth-order valence-electron chi connectivity index (χ4n) is 3.34. The van der Waals surface area contributed by atoms with Crippen LogP contribution in [0.3, 0.4) is 0 Å². The van der Waals surface area contributed by atoms with Gasteiger partial charge >= 0.3 is 0 Å². The van der Waals surface area contributed by atoms with Crippen LogP contribution in [0.2, 0.25) is 0 Å². The average molecular weight is 320 g/mol. The molecule has 122 valence electrons. The van der Waals surface area contributed by atoms with Crippen molar-refractivity contribution in [3.8, 4) is 16.9 Å². The summed E-state index contributed by atoms with van der Waals surface area (Å²) >= 11 is 0. The van der Waals surface area contributed by atoms with E-state index < -0.39 is 23.2 Å². The van der Waals surface area contributed by atoms with Gasteiger partial charge in [0.05, 0.1) is 0 Å². The van der Waals surface area contributed by atoms with E-state index in [1.54, 1.807) is 6.07 Å². The summed E-state index contributed by atoms with van der Waals surface area (Å²) in [5, 5.41) is 9.17. The third kappa shape index (κ3) is 3.07. The van der Waals surface area contributed by atoms with Crippen LogP contribution in [0.15, 0.2) is 30.3 Å². The molecule has 4 heteroatoms. The summed E-state index contributed by atoms with van der Waals surface area (Å²) in [5.41, 5.74) is 0.744. The summed E-state index contributed by atoms with van der Waals surface area (Å²) in [5.74, 6) is -2.89. The molecular weight excluding hydrogens is 301 g/mol. The molecule has 0 unspecified atom stereocenters. The number of phenols is 1. The van der Waals surface area contributed by atoms with Crippen LogP contribution < -0.4 is 0 Å². The Morgan fingerprint density at radius 2 is 1.52 bits per heavy atom. The first-order chi connectivity index (χ1) is 11.0. The van der Waals surface area contributed by atoms with Gasteiger partial charge in [0.1, 0.15) is 5.82 Å². The maximum Gasteiger partial charge on any atom is 0.200 e. The third-order valence-electron chi connectivity index (χ3n) is 4.83. The molecule has 3 rings (SSSR count). The summed E-state index contributed by atoms with van der Waals surface area (Å²) in [4.78, 5) is 0. The van der Waals surface area contributed by atoms with Gasteiger partial charge in [0.25, 0.3) is 0 Å². The van der Waals surface area contributed by atoms with E-state index in [1.165, 1.54) is 18.2 Å². The Morgan fingerprint density at radius 3 is 2.17 bits per heavy atom. The Hall–Kier alpha value is -1.97. The van der Waals surface area contributed by atoms with Crippen molar-refractivity contribution < 1.29 is 18.3 Å². The minimum Gasteiger partial charge on any atom is -0.505 e. The van der Waals surface area contributed by atoms with Gasteiger partial charge in [-0.3, -0.25) is 0 Å². The zero-order valence-corrected chi connectivity index (χ0v) is 13.0. The molecular formula is C19H19F3O. The number of phenolic OH excluding ortho intramolecular Hbond substituents is 1. The van der Waals surface area contributed by atoms with E-state index in [-0.39, 0.29) is 11.1 Å². The van der Waals surface area contributed by atoms with E-state index in [0.29, 0.717) is 11.8 Å². The van der Waals surface area contributed by atoms with Gasteiger partial charge in [0.15, 0.2) is 11.6 Å². The standard InChI is InChI=1S/C19H19F3O/c1-11-2-4-12(5-3-11)13-6-7-14(16(20)10-13)15-8-9-17(23)19(22)18(15)21/h6-12,23H,2-5H2,1H3. The summed E-state index contributed by atoms with van der Waals surface area (Å²) < 4.78 is 41.8. The van der Waals surface area contributed by atoms with Gasteiger partial charge in [-0.1, -0.05) is 31.9 Å². The molecule has 2 aromatic carbocycles. The first-order valence-electron chi connectivity index (χ1n) is 7.94. The third-order valence-corrected chi connectivity index (χ3v) is 4.83. The Labute approximate surface area is 133 Å². The summed E-state index contributed by atoms with van der Waals surface area (Å²) in [6.45, 7) is 2.22. The van der Waals surface area contributed by atoms with Gasteiger partial charge < -0.3 is 5.11 Å². The van der Waals surface area contributed by atoms with E-state index in [4.69, 9.17) is 5.11 Å². The monoisotopic (exact) mass is 320 g/mol. The zero-order valence-electron chi connectivity index (χ0n) is 13.0. The van der Waals surface area contributed by atoms with Crippen molar-refractivity contribution >= 4 is 0 Å². The predicted octanol–water partition coefficient (Wildman–Crippen LogP) is 5.77. The van der Waals surface area contributed by atoms with Crippen molar-refractivity contribution in [2.45, 2.75) is 38.5 Å². The van der Waals surface area contributed by atoms with Crippen molar-refractivity contribution in [2.24, 2.45) is 5.92 Å².